The van der Waals surface area contributed by atoms with Gasteiger partial charge in [-0.05, 0) is 30.3 Å². The molecule has 3 N–H and O–H groups in total. The van der Waals surface area contributed by atoms with Gasteiger partial charge in [-0.2, -0.15) is 5.10 Å². The minimum absolute atomic E-state index is 0.0645. The van der Waals surface area contributed by atoms with E-state index < -0.39 is 5.97 Å². The molecule has 0 bridgehead atoms. The van der Waals surface area contributed by atoms with Crippen molar-refractivity contribution in [1.29, 1.82) is 0 Å². The molecule has 2 amide bonds. The molecule has 3 rings (SSSR count). The number of β-amino-alcohol motifs (C(OH)–C–C–N with tert-alkyl or cyclic N) is 1. The summed E-state index contributed by atoms with van der Waals surface area (Å²) in [6, 6.07) is 8.56. The van der Waals surface area contributed by atoms with E-state index in [0.29, 0.717) is 24.5 Å². The van der Waals surface area contributed by atoms with Crippen molar-refractivity contribution in [3.05, 3.63) is 53.5 Å². The lowest BCUT2D eigenvalue weighted by Gasteiger charge is -2.15. The van der Waals surface area contributed by atoms with Crippen LogP contribution in [0, 0.1) is 0 Å². The fourth-order valence-corrected chi connectivity index (χ4v) is 3.14. The van der Waals surface area contributed by atoms with Crippen LogP contribution in [-0.2, 0) is 19.1 Å². The second kappa shape index (κ2) is 10.6. The molecule has 0 saturated heterocycles. The third-order valence-corrected chi connectivity index (χ3v) is 4.77. The lowest BCUT2D eigenvalue weighted by Crippen LogP contribution is -2.31. The zero-order valence-electron chi connectivity index (χ0n) is 17.8. The van der Waals surface area contributed by atoms with Gasteiger partial charge in [0.05, 0.1) is 38.1 Å². The van der Waals surface area contributed by atoms with Gasteiger partial charge in [0.1, 0.15) is 5.70 Å². The average Bonchev–Trinajstić information content (AvgIpc) is 3.41. The van der Waals surface area contributed by atoms with Crippen LogP contribution in [0.25, 0.3) is 5.69 Å². The Morgan fingerprint density at radius 2 is 1.94 bits per heavy atom. The normalized spacial score (nSPS) is 13.5. The number of carbonyl (C=O) groups is 3. The number of hydrogen-bond acceptors (Lipinski definition) is 8. The Labute approximate surface area is 184 Å². The highest BCUT2D eigenvalue weighted by Gasteiger charge is 2.34. The number of ether oxygens (including phenoxy) is 2. The smallest absolute Gasteiger partial charge is 0.337 e. The Morgan fingerprint density at radius 3 is 2.59 bits per heavy atom. The first-order valence-electron chi connectivity index (χ1n) is 9.90. The molecular formula is C21H25N5O6. The second-order valence-corrected chi connectivity index (χ2v) is 6.86. The van der Waals surface area contributed by atoms with Gasteiger partial charge in [-0.15, -0.1) is 0 Å². The second-order valence-electron chi connectivity index (χ2n) is 6.86. The van der Waals surface area contributed by atoms with Crippen molar-refractivity contribution in [1.82, 2.24) is 20.0 Å². The van der Waals surface area contributed by atoms with Gasteiger partial charge in [-0.1, -0.05) is 0 Å². The summed E-state index contributed by atoms with van der Waals surface area (Å²) >= 11 is 0. The first-order valence-corrected chi connectivity index (χ1v) is 9.90. The van der Waals surface area contributed by atoms with Gasteiger partial charge < -0.3 is 30.1 Å². The molecule has 1 aliphatic heterocycles. The van der Waals surface area contributed by atoms with Gasteiger partial charge in [0, 0.05) is 32.1 Å². The van der Waals surface area contributed by atoms with Crippen LogP contribution in [0.4, 0.5) is 5.69 Å². The van der Waals surface area contributed by atoms with Crippen molar-refractivity contribution in [3.8, 4) is 5.69 Å². The van der Waals surface area contributed by atoms with Gasteiger partial charge in [-0.25, -0.2) is 9.48 Å². The van der Waals surface area contributed by atoms with Crippen molar-refractivity contribution in [3.63, 3.8) is 0 Å². The molecule has 0 fully saturated rings. The zero-order valence-corrected chi connectivity index (χ0v) is 17.8. The predicted octanol–water partition coefficient (Wildman–Crippen LogP) is -0.0780. The number of hydrogen-bond donors (Lipinski definition) is 3. The van der Waals surface area contributed by atoms with Gasteiger partial charge >= 0.3 is 5.97 Å². The fraction of sp³-hybridized carbons (Fsp3) is 0.333. The van der Waals surface area contributed by atoms with Crippen LogP contribution in [0.5, 0.6) is 0 Å². The average molecular weight is 443 g/mol. The van der Waals surface area contributed by atoms with Crippen molar-refractivity contribution in [2.75, 3.05) is 52.4 Å². The molecule has 0 unspecified atom stereocenters. The molecule has 1 aromatic carbocycles. The molecule has 0 saturated carbocycles. The number of amides is 2. The SMILES string of the molecule is COCCNC(=O)c1ccn(-c2ccc(NC3=C(C(=O)OC)CN(CCO)C3=O)cc2)n1. The summed E-state index contributed by atoms with van der Waals surface area (Å²) < 4.78 is 11.2. The number of nitrogens with zero attached hydrogens (tertiary/aromatic N) is 3. The first kappa shape index (κ1) is 23.0. The zero-order chi connectivity index (χ0) is 23.1. The van der Waals surface area contributed by atoms with Crippen LogP contribution in [0.15, 0.2) is 47.8 Å². The van der Waals surface area contributed by atoms with Crippen molar-refractivity contribution in [2.24, 2.45) is 0 Å². The molecule has 0 atom stereocenters. The third kappa shape index (κ3) is 5.13. The van der Waals surface area contributed by atoms with Gasteiger partial charge in [0.2, 0.25) is 0 Å². The standard InChI is InChI=1S/C21H25N5O6/c1-31-12-8-22-19(28)17-7-9-26(24-17)15-5-3-14(4-6-15)23-18-16(21(30)32-2)13-25(10-11-27)20(18)29/h3-7,9,23,27H,8,10-13H2,1-2H3,(H,22,28). The summed E-state index contributed by atoms with van der Waals surface area (Å²) in [5, 5.41) is 19.1. The number of methoxy groups -OCH3 is 2. The quantitative estimate of drug-likeness (QED) is 0.343. The van der Waals surface area contributed by atoms with E-state index >= 15 is 0 Å². The van der Waals surface area contributed by atoms with Gasteiger partial charge in [0.25, 0.3) is 11.8 Å². The van der Waals surface area contributed by atoms with E-state index in [1.807, 2.05) is 0 Å². The number of aliphatic hydroxyl groups is 1. The molecule has 32 heavy (non-hydrogen) atoms. The number of anilines is 1. The summed E-state index contributed by atoms with van der Waals surface area (Å²) in [5.74, 6) is -1.29. The van der Waals surface area contributed by atoms with Gasteiger partial charge in [0.15, 0.2) is 5.69 Å². The number of nitrogens with one attached hydrogen (secondary N) is 2. The highest BCUT2D eigenvalue weighted by molar-refractivity contribution is 6.08. The predicted molar refractivity (Wildman–Crippen MR) is 114 cm³/mol. The molecule has 0 spiro atoms. The van der Waals surface area contributed by atoms with Gasteiger partial charge in [-0.3, -0.25) is 9.59 Å². The van der Waals surface area contributed by atoms with Crippen LogP contribution < -0.4 is 10.6 Å². The van der Waals surface area contributed by atoms with Crippen LogP contribution in [0.2, 0.25) is 0 Å². The fourth-order valence-electron chi connectivity index (χ4n) is 3.14. The van der Waals surface area contributed by atoms with E-state index in [-0.39, 0.29) is 48.5 Å². The van der Waals surface area contributed by atoms with E-state index in [4.69, 9.17) is 14.6 Å². The molecule has 11 nitrogen and oxygen atoms in total. The van der Waals surface area contributed by atoms with E-state index in [2.05, 4.69) is 15.7 Å². The van der Waals surface area contributed by atoms with E-state index in [1.165, 1.54) is 12.0 Å². The summed E-state index contributed by atoms with van der Waals surface area (Å²) in [5.41, 5.74) is 1.87. The summed E-state index contributed by atoms with van der Waals surface area (Å²) in [4.78, 5) is 38.1. The molecule has 170 valence electrons. The van der Waals surface area contributed by atoms with E-state index in [0.717, 1.165) is 0 Å². The minimum Gasteiger partial charge on any atom is -0.466 e. The maximum Gasteiger partial charge on any atom is 0.337 e. The molecular weight excluding hydrogens is 418 g/mol. The first-order chi connectivity index (χ1) is 15.5. The summed E-state index contributed by atoms with van der Waals surface area (Å²) in [7, 11) is 2.80. The highest BCUT2D eigenvalue weighted by atomic mass is 16.5. The third-order valence-electron chi connectivity index (χ3n) is 4.77. The monoisotopic (exact) mass is 443 g/mol. The number of aromatic nitrogens is 2. The number of carbonyl (C=O) groups excluding carboxylic acids is 3. The van der Waals surface area contributed by atoms with Crippen LogP contribution in [-0.4, -0.2) is 84.6 Å². The van der Waals surface area contributed by atoms with E-state index in [9.17, 15) is 14.4 Å². The largest absolute Gasteiger partial charge is 0.466 e. The lowest BCUT2D eigenvalue weighted by molar-refractivity contribution is -0.136. The number of aliphatic hydroxyl groups excluding tert-OH is 1. The van der Waals surface area contributed by atoms with Crippen molar-refractivity contribution >= 4 is 23.5 Å². The Balaban J connectivity index is 1.72. The number of benzene rings is 1. The number of esters is 1. The highest BCUT2D eigenvalue weighted by Crippen LogP contribution is 2.23. The summed E-state index contributed by atoms with van der Waals surface area (Å²) in [6.07, 6.45) is 1.67. The Hall–Kier alpha value is -3.70. The van der Waals surface area contributed by atoms with Crippen LogP contribution in [0.1, 0.15) is 10.5 Å². The molecule has 0 aliphatic carbocycles. The van der Waals surface area contributed by atoms with Crippen LogP contribution in [0.3, 0.4) is 0 Å². The van der Waals surface area contributed by atoms with Crippen molar-refractivity contribution in [2.45, 2.75) is 0 Å². The molecule has 1 aromatic heterocycles. The Kier molecular flexibility index (Phi) is 7.58. The summed E-state index contributed by atoms with van der Waals surface area (Å²) in [6.45, 7) is 0.771. The van der Waals surface area contributed by atoms with E-state index in [1.54, 1.807) is 48.3 Å². The maximum absolute atomic E-state index is 12.6. The number of rotatable bonds is 10. The lowest BCUT2D eigenvalue weighted by atomic mass is 10.2. The van der Waals surface area contributed by atoms with Crippen LogP contribution >= 0.6 is 0 Å². The Bertz CT molecular complexity index is 1010. The minimum atomic E-state index is -0.606. The Morgan fingerprint density at radius 1 is 1.19 bits per heavy atom. The topological polar surface area (TPSA) is 135 Å². The van der Waals surface area contributed by atoms with Crippen molar-refractivity contribution < 1.29 is 29.0 Å². The maximum atomic E-state index is 12.6. The molecule has 2 aromatic rings. The molecule has 2 heterocycles. The molecule has 11 heteroatoms. The molecule has 1 aliphatic rings. The molecule has 0 radical (unpaired) electrons.